The first-order valence-corrected chi connectivity index (χ1v) is 7.51. The number of likely N-dealkylation sites (N-methyl/N-ethyl adjacent to an activating group) is 1. The van der Waals surface area contributed by atoms with Gasteiger partial charge < -0.3 is 10.6 Å². The summed E-state index contributed by atoms with van der Waals surface area (Å²) in [4.78, 5) is 16.3. The Kier molecular flexibility index (Phi) is 5.26. The lowest BCUT2D eigenvalue weighted by atomic mass is 10.2. The van der Waals surface area contributed by atoms with Crippen LogP contribution in [-0.4, -0.2) is 30.5 Å². The van der Waals surface area contributed by atoms with E-state index in [9.17, 15) is 4.79 Å². The molecule has 106 valence electrons. The number of hydrogen-bond acceptors (Lipinski definition) is 4. The maximum atomic E-state index is 11.8. The number of carbonyl (C=O) groups excluding carboxylic acids is 1. The molecule has 0 aliphatic carbocycles. The molecule has 5 heteroatoms. The smallest absolute Gasteiger partial charge is 0.226 e. The summed E-state index contributed by atoms with van der Waals surface area (Å²) in [6.07, 6.45) is 0.333. The summed E-state index contributed by atoms with van der Waals surface area (Å²) in [5, 5.41) is 8.88. The van der Waals surface area contributed by atoms with E-state index in [0.717, 1.165) is 16.3 Å². The Morgan fingerprint density at radius 1 is 1.35 bits per heavy atom. The fraction of sp³-hybridized carbons (Fsp3) is 0.333. The quantitative estimate of drug-likeness (QED) is 0.856. The molecule has 2 rings (SSSR count). The maximum Gasteiger partial charge on any atom is 0.226 e. The van der Waals surface area contributed by atoms with Crippen LogP contribution in [0.1, 0.15) is 12.6 Å². The molecule has 0 bridgehead atoms. The fourth-order valence-electron chi connectivity index (χ4n) is 1.70. The maximum absolute atomic E-state index is 11.8. The summed E-state index contributed by atoms with van der Waals surface area (Å²) >= 11 is 1.57. The number of benzene rings is 1. The van der Waals surface area contributed by atoms with Crippen molar-refractivity contribution in [3.8, 4) is 10.6 Å². The van der Waals surface area contributed by atoms with Crippen molar-refractivity contribution in [3.63, 3.8) is 0 Å². The van der Waals surface area contributed by atoms with Crippen LogP contribution in [0.25, 0.3) is 10.6 Å². The average Bonchev–Trinajstić information content (AvgIpc) is 2.94. The molecule has 1 amide bonds. The van der Waals surface area contributed by atoms with Crippen LogP contribution in [0.3, 0.4) is 0 Å². The van der Waals surface area contributed by atoms with E-state index in [1.807, 2.05) is 49.7 Å². The van der Waals surface area contributed by atoms with Gasteiger partial charge in [0.15, 0.2) is 0 Å². The predicted octanol–water partition coefficient (Wildman–Crippen LogP) is 2.08. The summed E-state index contributed by atoms with van der Waals surface area (Å²) in [7, 11) is 1.88. The van der Waals surface area contributed by atoms with E-state index in [4.69, 9.17) is 0 Å². The molecule has 0 aliphatic rings. The first-order chi connectivity index (χ1) is 9.69. The number of aromatic nitrogens is 1. The molecule has 0 saturated heterocycles. The largest absolute Gasteiger partial charge is 0.354 e. The summed E-state index contributed by atoms with van der Waals surface area (Å²) < 4.78 is 0. The highest BCUT2D eigenvalue weighted by molar-refractivity contribution is 7.13. The van der Waals surface area contributed by atoms with Gasteiger partial charge in [-0.3, -0.25) is 4.79 Å². The number of nitrogens with zero attached hydrogens (tertiary/aromatic N) is 1. The van der Waals surface area contributed by atoms with Gasteiger partial charge in [0.05, 0.1) is 12.1 Å². The molecular weight excluding hydrogens is 270 g/mol. The minimum Gasteiger partial charge on any atom is -0.354 e. The highest BCUT2D eigenvalue weighted by Gasteiger charge is 2.09. The number of thiazole rings is 1. The summed E-state index contributed by atoms with van der Waals surface area (Å²) in [5.74, 6) is 0.0111. The van der Waals surface area contributed by atoms with Gasteiger partial charge in [-0.1, -0.05) is 30.3 Å². The minimum atomic E-state index is 0.0111. The topological polar surface area (TPSA) is 54.0 Å². The van der Waals surface area contributed by atoms with Gasteiger partial charge in [0, 0.05) is 23.5 Å². The van der Waals surface area contributed by atoms with Crippen molar-refractivity contribution >= 4 is 17.2 Å². The van der Waals surface area contributed by atoms with Crippen LogP contribution in [0.2, 0.25) is 0 Å². The molecule has 1 heterocycles. The Morgan fingerprint density at radius 2 is 2.10 bits per heavy atom. The lowest BCUT2D eigenvalue weighted by Crippen LogP contribution is -2.37. The summed E-state index contributed by atoms with van der Waals surface area (Å²) in [5.41, 5.74) is 1.91. The molecule has 2 N–H and O–H groups in total. The van der Waals surface area contributed by atoms with Crippen molar-refractivity contribution in [3.05, 3.63) is 41.4 Å². The van der Waals surface area contributed by atoms with Crippen LogP contribution in [0.5, 0.6) is 0 Å². The predicted molar refractivity (Wildman–Crippen MR) is 82.8 cm³/mol. The van der Waals surface area contributed by atoms with Crippen molar-refractivity contribution in [2.75, 3.05) is 13.6 Å². The molecule has 1 aromatic carbocycles. The normalized spacial score (nSPS) is 12.1. The van der Waals surface area contributed by atoms with E-state index in [2.05, 4.69) is 15.6 Å². The van der Waals surface area contributed by atoms with E-state index in [0.29, 0.717) is 13.0 Å². The summed E-state index contributed by atoms with van der Waals surface area (Å²) in [6, 6.07) is 10.3. The van der Waals surface area contributed by atoms with Gasteiger partial charge in [0.25, 0.3) is 0 Å². The lowest BCUT2D eigenvalue weighted by molar-refractivity contribution is -0.120. The number of amides is 1. The molecule has 1 atom stereocenters. The van der Waals surface area contributed by atoms with E-state index < -0.39 is 0 Å². The molecule has 1 aromatic heterocycles. The Morgan fingerprint density at radius 3 is 2.80 bits per heavy atom. The fourth-order valence-corrected chi connectivity index (χ4v) is 2.52. The minimum absolute atomic E-state index is 0.0111. The van der Waals surface area contributed by atoms with Gasteiger partial charge in [-0.15, -0.1) is 11.3 Å². The second-order valence-electron chi connectivity index (χ2n) is 4.68. The van der Waals surface area contributed by atoms with Crippen molar-refractivity contribution in [2.45, 2.75) is 19.4 Å². The highest BCUT2D eigenvalue weighted by Crippen LogP contribution is 2.23. The van der Waals surface area contributed by atoms with E-state index in [-0.39, 0.29) is 11.9 Å². The zero-order valence-electron chi connectivity index (χ0n) is 11.7. The van der Waals surface area contributed by atoms with Gasteiger partial charge in [-0.2, -0.15) is 0 Å². The molecule has 0 fully saturated rings. The number of hydrogen-bond donors (Lipinski definition) is 2. The van der Waals surface area contributed by atoms with Crippen LogP contribution >= 0.6 is 11.3 Å². The SMILES string of the molecule is CNC(C)CNC(=O)Cc1csc(-c2ccccc2)n1. The number of carbonyl (C=O) groups is 1. The zero-order chi connectivity index (χ0) is 14.4. The Labute approximate surface area is 123 Å². The van der Waals surface area contributed by atoms with Crippen LogP contribution < -0.4 is 10.6 Å². The van der Waals surface area contributed by atoms with Gasteiger partial charge in [0.1, 0.15) is 5.01 Å². The van der Waals surface area contributed by atoms with Crippen molar-refractivity contribution in [2.24, 2.45) is 0 Å². The van der Waals surface area contributed by atoms with Gasteiger partial charge in [-0.25, -0.2) is 4.98 Å². The Bertz CT molecular complexity index is 553. The first-order valence-electron chi connectivity index (χ1n) is 6.63. The van der Waals surface area contributed by atoms with Crippen molar-refractivity contribution in [1.82, 2.24) is 15.6 Å². The second-order valence-corrected chi connectivity index (χ2v) is 5.54. The molecule has 20 heavy (non-hydrogen) atoms. The molecule has 0 radical (unpaired) electrons. The van der Waals surface area contributed by atoms with E-state index in [1.165, 1.54) is 0 Å². The molecule has 0 aliphatic heterocycles. The zero-order valence-corrected chi connectivity index (χ0v) is 12.5. The summed E-state index contributed by atoms with van der Waals surface area (Å²) in [6.45, 7) is 2.65. The third-order valence-corrected chi connectivity index (χ3v) is 3.95. The van der Waals surface area contributed by atoms with Crippen LogP contribution in [0.4, 0.5) is 0 Å². The van der Waals surface area contributed by atoms with Gasteiger partial charge in [-0.05, 0) is 14.0 Å². The standard InChI is InChI=1S/C15H19N3OS/c1-11(16-2)9-17-14(19)8-13-10-20-15(18-13)12-6-4-3-5-7-12/h3-7,10-11,16H,8-9H2,1-2H3,(H,17,19). The molecule has 2 aromatic rings. The number of rotatable bonds is 6. The van der Waals surface area contributed by atoms with Crippen molar-refractivity contribution in [1.29, 1.82) is 0 Å². The van der Waals surface area contributed by atoms with Crippen LogP contribution in [0, 0.1) is 0 Å². The van der Waals surface area contributed by atoms with E-state index in [1.54, 1.807) is 11.3 Å². The number of nitrogens with one attached hydrogen (secondary N) is 2. The van der Waals surface area contributed by atoms with E-state index >= 15 is 0 Å². The molecular formula is C15H19N3OS. The lowest BCUT2D eigenvalue weighted by Gasteiger charge is -2.10. The Balaban J connectivity index is 1.91. The van der Waals surface area contributed by atoms with Gasteiger partial charge >= 0.3 is 0 Å². The van der Waals surface area contributed by atoms with Crippen LogP contribution in [-0.2, 0) is 11.2 Å². The Hall–Kier alpha value is -1.72. The third kappa shape index (κ3) is 4.15. The monoisotopic (exact) mass is 289 g/mol. The van der Waals surface area contributed by atoms with Crippen LogP contribution in [0.15, 0.2) is 35.7 Å². The molecule has 4 nitrogen and oxygen atoms in total. The third-order valence-electron chi connectivity index (χ3n) is 3.01. The second kappa shape index (κ2) is 7.17. The average molecular weight is 289 g/mol. The highest BCUT2D eigenvalue weighted by atomic mass is 32.1. The van der Waals surface area contributed by atoms with Crippen molar-refractivity contribution < 1.29 is 4.79 Å². The molecule has 0 spiro atoms. The first kappa shape index (κ1) is 14.7. The van der Waals surface area contributed by atoms with Gasteiger partial charge in [0.2, 0.25) is 5.91 Å². The molecule has 0 saturated carbocycles. The molecule has 1 unspecified atom stereocenters.